The Kier molecular flexibility index (Phi) is 4.57. The second-order valence-corrected chi connectivity index (χ2v) is 6.49. The molecule has 1 aromatic heterocycles. The predicted octanol–water partition coefficient (Wildman–Crippen LogP) is 3.48. The summed E-state index contributed by atoms with van der Waals surface area (Å²) in [5.41, 5.74) is 7.53. The van der Waals surface area contributed by atoms with Crippen LogP contribution in [0, 0.1) is 6.92 Å². The Hall–Kier alpha value is -2.34. The van der Waals surface area contributed by atoms with Crippen LogP contribution >= 0.6 is 0 Å². The van der Waals surface area contributed by atoms with Crippen molar-refractivity contribution in [1.82, 2.24) is 9.55 Å². The molecule has 6 heteroatoms. The van der Waals surface area contributed by atoms with Gasteiger partial charge in [0.2, 0.25) is 0 Å². The van der Waals surface area contributed by atoms with Crippen molar-refractivity contribution in [3.63, 3.8) is 0 Å². The molecule has 0 saturated heterocycles. The van der Waals surface area contributed by atoms with Gasteiger partial charge in [-0.3, -0.25) is 4.57 Å². The Bertz CT molecular complexity index is 798. The second kappa shape index (κ2) is 6.65. The minimum atomic E-state index is -0.266. The Balaban J connectivity index is 1.92. The van der Waals surface area contributed by atoms with Gasteiger partial charge in [-0.25, -0.2) is 4.79 Å². The highest BCUT2D eigenvalue weighted by Crippen LogP contribution is 2.40. The lowest BCUT2D eigenvalue weighted by Crippen LogP contribution is -2.29. The number of nitrogens with one attached hydrogen (secondary N) is 1. The summed E-state index contributed by atoms with van der Waals surface area (Å²) in [6, 6.07) is 6.08. The summed E-state index contributed by atoms with van der Waals surface area (Å²) in [4.78, 5) is 16.6. The molecule has 1 unspecified atom stereocenters. The molecule has 3 rings (SSSR count). The van der Waals surface area contributed by atoms with Gasteiger partial charge in [0.15, 0.2) is 17.3 Å². The van der Waals surface area contributed by atoms with Gasteiger partial charge in [0, 0.05) is 12.1 Å². The number of rotatable bonds is 5. The van der Waals surface area contributed by atoms with Crippen molar-refractivity contribution in [2.24, 2.45) is 5.73 Å². The summed E-state index contributed by atoms with van der Waals surface area (Å²) in [5.74, 6) is 1.78. The van der Waals surface area contributed by atoms with Gasteiger partial charge in [-0.2, -0.15) is 4.98 Å². The van der Waals surface area contributed by atoms with E-state index >= 15 is 0 Å². The van der Waals surface area contributed by atoms with Gasteiger partial charge in [0.1, 0.15) is 0 Å². The van der Waals surface area contributed by atoms with Crippen LogP contribution in [-0.2, 0) is 0 Å². The zero-order chi connectivity index (χ0) is 17.3. The van der Waals surface area contributed by atoms with E-state index in [0.717, 1.165) is 36.3 Å². The summed E-state index contributed by atoms with van der Waals surface area (Å²) in [6.45, 7) is 6.05. The average Bonchev–Trinajstić information content (AvgIpc) is 2.53. The monoisotopic (exact) mass is 328 g/mol. The van der Waals surface area contributed by atoms with Crippen molar-refractivity contribution < 1.29 is 4.74 Å². The Morgan fingerprint density at radius 2 is 2.12 bits per heavy atom. The molecule has 2 aromatic rings. The summed E-state index contributed by atoms with van der Waals surface area (Å²) >= 11 is 0. The summed E-state index contributed by atoms with van der Waals surface area (Å²) in [7, 11) is 0. The Morgan fingerprint density at radius 3 is 2.83 bits per heavy atom. The maximum atomic E-state index is 12.4. The highest BCUT2D eigenvalue weighted by Gasteiger charge is 2.21. The lowest BCUT2D eigenvalue weighted by Gasteiger charge is -2.24. The first kappa shape index (κ1) is 16.5. The molecule has 0 amide bonds. The number of aromatic nitrogens is 2. The van der Waals surface area contributed by atoms with Crippen LogP contribution in [-0.4, -0.2) is 15.6 Å². The predicted molar refractivity (Wildman–Crippen MR) is 95.2 cm³/mol. The van der Waals surface area contributed by atoms with E-state index in [9.17, 15) is 4.79 Å². The molecule has 0 fully saturated rings. The van der Waals surface area contributed by atoms with Gasteiger partial charge in [-0.15, -0.1) is 0 Å². The van der Waals surface area contributed by atoms with E-state index in [0.29, 0.717) is 11.6 Å². The molecule has 1 aliphatic rings. The number of nitrogens with zero attached hydrogens (tertiary/aromatic N) is 2. The van der Waals surface area contributed by atoms with Gasteiger partial charge in [-0.1, -0.05) is 13.0 Å². The maximum Gasteiger partial charge on any atom is 0.350 e. The minimum absolute atomic E-state index is 0.0734. The maximum absolute atomic E-state index is 12.4. The number of hydrogen-bond acceptors (Lipinski definition) is 5. The van der Waals surface area contributed by atoms with Crippen LogP contribution in [0.25, 0.3) is 0 Å². The van der Waals surface area contributed by atoms with Crippen LogP contribution in [0.15, 0.2) is 29.2 Å². The Morgan fingerprint density at radius 1 is 1.33 bits per heavy atom. The van der Waals surface area contributed by atoms with Crippen molar-refractivity contribution in [3.8, 4) is 11.5 Å². The summed E-state index contributed by atoms with van der Waals surface area (Å²) in [5, 5.41) is 3.19. The van der Waals surface area contributed by atoms with E-state index in [1.807, 2.05) is 32.0 Å². The normalized spacial score (nSPS) is 14.8. The minimum Gasteiger partial charge on any atom is -0.450 e. The van der Waals surface area contributed by atoms with Crippen LogP contribution in [0.5, 0.6) is 11.5 Å². The number of fused-ring (bicyclic) bond motifs is 2. The third-order valence-corrected chi connectivity index (χ3v) is 4.35. The fraction of sp³-hybridized carbons (Fsp3) is 0.444. The SMILES string of the molecule is CCC(CC[C@@H](C)N)n1cc2c(nc1=O)Nc1cc(C)ccc1O2. The summed E-state index contributed by atoms with van der Waals surface area (Å²) in [6.07, 6.45) is 4.31. The molecular weight excluding hydrogens is 304 g/mol. The molecule has 24 heavy (non-hydrogen) atoms. The molecule has 0 bridgehead atoms. The molecule has 0 aliphatic carbocycles. The third kappa shape index (κ3) is 3.28. The molecule has 128 valence electrons. The number of hydrogen-bond donors (Lipinski definition) is 2. The van der Waals surface area contributed by atoms with Crippen molar-refractivity contribution >= 4 is 11.5 Å². The number of ether oxygens (including phenoxy) is 1. The Labute approximate surface area is 141 Å². The number of nitrogens with two attached hydrogens (primary N) is 1. The zero-order valence-electron chi connectivity index (χ0n) is 14.4. The molecular formula is C18H24N4O2. The van der Waals surface area contributed by atoms with E-state index in [1.54, 1.807) is 10.8 Å². The van der Waals surface area contributed by atoms with Crippen LogP contribution in [0.1, 0.15) is 44.7 Å². The quantitative estimate of drug-likeness (QED) is 0.749. The number of aryl methyl sites for hydroxylation is 1. The first-order valence-corrected chi connectivity index (χ1v) is 8.42. The topological polar surface area (TPSA) is 82.2 Å². The molecule has 0 radical (unpaired) electrons. The fourth-order valence-corrected chi connectivity index (χ4v) is 2.95. The molecule has 0 spiro atoms. The molecule has 2 heterocycles. The van der Waals surface area contributed by atoms with E-state index < -0.39 is 0 Å². The number of benzene rings is 1. The van der Waals surface area contributed by atoms with Crippen molar-refractivity contribution in [3.05, 3.63) is 40.4 Å². The van der Waals surface area contributed by atoms with Crippen LogP contribution in [0.4, 0.5) is 11.5 Å². The molecule has 1 aromatic carbocycles. The van der Waals surface area contributed by atoms with Gasteiger partial charge in [-0.05, 0) is 50.8 Å². The van der Waals surface area contributed by atoms with Crippen molar-refractivity contribution in [2.75, 3.05) is 5.32 Å². The first-order chi connectivity index (χ1) is 11.5. The van der Waals surface area contributed by atoms with Crippen molar-refractivity contribution in [2.45, 2.75) is 52.1 Å². The molecule has 2 atom stereocenters. The van der Waals surface area contributed by atoms with Crippen LogP contribution in [0.3, 0.4) is 0 Å². The van der Waals surface area contributed by atoms with E-state index in [2.05, 4.69) is 17.2 Å². The van der Waals surface area contributed by atoms with Gasteiger partial charge >= 0.3 is 5.69 Å². The second-order valence-electron chi connectivity index (χ2n) is 6.49. The van der Waals surface area contributed by atoms with Crippen LogP contribution < -0.4 is 21.5 Å². The average molecular weight is 328 g/mol. The van der Waals surface area contributed by atoms with E-state index in [-0.39, 0.29) is 17.8 Å². The highest BCUT2D eigenvalue weighted by atomic mass is 16.5. The fourth-order valence-electron chi connectivity index (χ4n) is 2.95. The smallest absolute Gasteiger partial charge is 0.350 e. The zero-order valence-corrected chi connectivity index (χ0v) is 14.4. The standard InChI is InChI=1S/C18H24N4O2/c1-4-13(7-6-12(3)19)22-10-16-17(21-18(22)23)20-14-9-11(2)5-8-15(14)24-16/h5,8-10,12-13H,4,6-7,19H2,1-3H3,(H,20,21,23)/t12-,13?/m1/s1. The highest BCUT2D eigenvalue weighted by molar-refractivity contribution is 5.72. The molecule has 6 nitrogen and oxygen atoms in total. The van der Waals surface area contributed by atoms with Crippen LogP contribution in [0.2, 0.25) is 0 Å². The third-order valence-electron chi connectivity index (χ3n) is 4.35. The molecule has 0 saturated carbocycles. The lowest BCUT2D eigenvalue weighted by atomic mass is 10.1. The van der Waals surface area contributed by atoms with E-state index in [4.69, 9.17) is 10.5 Å². The summed E-state index contributed by atoms with van der Waals surface area (Å²) < 4.78 is 7.61. The van der Waals surface area contributed by atoms with Crippen molar-refractivity contribution in [1.29, 1.82) is 0 Å². The largest absolute Gasteiger partial charge is 0.450 e. The molecule has 3 N–H and O–H groups in total. The van der Waals surface area contributed by atoms with Gasteiger partial charge < -0.3 is 15.8 Å². The lowest BCUT2D eigenvalue weighted by molar-refractivity contribution is 0.394. The van der Waals surface area contributed by atoms with Gasteiger partial charge in [0.25, 0.3) is 0 Å². The first-order valence-electron chi connectivity index (χ1n) is 8.42. The number of anilines is 2. The molecule has 1 aliphatic heterocycles. The van der Waals surface area contributed by atoms with E-state index in [1.165, 1.54) is 0 Å². The van der Waals surface area contributed by atoms with Gasteiger partial charge in [0.05, 0.1) is 11.9 Å².